The van der Waals surface area contributed by atoms with Crippen LogP contribution < -0.4 is 9.47 Å². The fraction of sp³-hybridized carbons (Fsp3) is 0.184. The minimum atomic E-state index is -3.45. The van der Waals surface area contributed by atoms with Crippen LogP contribution in [0.2, 0.25) is 0 Å². The van der Waals surface area contributed by atoms with Crippen molar-refractivity contribution < 1.29 is 30.8 Å². The number of fused-ring (bicyclic) bond motifs is 1. The summed E-state index contributed by atoms with van der Waals surface area (Å²) in [5, 5.41) is 4.95. The van der Waals surface area contributed by atoms with Crippen molar-refractivity contribution in [1.82, 2.24) is 15.1 Å². The Morgan fingerprint density at radius 1 is 0.860 bits per heavy atom. The molecule has 256 valence electrons. The van der Waals surface area contributed by atoms with Crippen molar-refractivity contribution >= 4 is 42.2 Å². The van der Waals surface area contributed by atoms with Crippen molar-refractivity contribution in [3.8, 4) is 22.6 Å². The summed E-state index contributed by atoms with van der Waals surface area (Å²) in [4.78, 5) is 9.43. The van der Waals surface area contributed by atoms with Gasteiger partial charge in [-0.15, -0.1) is 0 Å². The van der Waals surface area contributed by atoms with Crippen LogP contribution in [0.15, 0.2) is 113 Å². The van der Waals surface area contributed by atoms with Crippen molar-refractivity contribution in [2.45, 2.75) is 30.1 Å². The molecular formula is C38H35N3O7S2. The Kier molecular flexibility index (Phi) is 9.34. The number of ether oxygens (including phenoxy) is 2. The Morgan fingerprint density at radius 3 is 2.26 bits per heavy atom. The summed E-state index contributed by atoms with van der Waals surface area (Å²) in [5.41, 5.74) is 4.96. The van der Waals surface area contributed by atoms with Crippen LogP contribution in [0.5, 0.6) is 11.5 Å². The van der Waals surface area contributed by atoms with E-state index in [4.69, 9.17) is 14.0 Å². The molecule has 6 aromatic rings. The van der Waals surface area contributed by atoms with Gasteiger partial charge < -0.3 is 14.0 Å². The zero-order valence-electron chi connectivity index (χ0n) is 28.1. The Bertz CT molecular complexity index is 2440. The predicted molar refractivity (Wildman–Crippen MR) is 193 cm³/mol. The van der Waals surface area contributed by atoms with E-state index in [9.17, 15) is 16.8 Å². The van der Waals surface area contributed by atoms with E-state index >= 15 is 0 Å². The molecule has 0 aliphatic carbocycles. The lowest BCUT2D eigenvalue weighted by atomic mass is 9.92. The van der Waals surface area contributed by atoms with Gasteiger partial charge in [-0.2, -0.15) is 4.98 Å². The molecule has 10 nitrogen and oxygen atoms in total. The molecule has 0 radical (unpaired) electrons. The molecule has 0 saturated heterocycles. The van der Waals surface area contributed by atoms with E-state index in [1.165, 1.54) is 18.4 Å². The third-order valence-electron chi connectivity index (χ3n) is 8.56. The second-order valence-electron chi connectivity index (χ2n) is 12.3. The van der Waals surface area contributed by atoms with Crippen molar-refractivity contribution in [2.24, 2.45) is 0 Å². The zero-order chi connectivity index (χ0) is 35.7. The van der Waals surface area contributed by atoms with Crippen LogP contribution >= 0.6 is 0 Å². The molecule has 2 aromatic heterocycles. The first-order valence-electron chi connectivity index (χ1n) is 15.5. The molecule has 6 rings (SSSR count). The monoisotopic (exact) mass is 709 g/mol. The van der Waals surface area contributed by atoms with E-state index in [0.717, 1.165) is 33.8 Å². The first-order valence-corrected chi connectivity index (χ1v) is 19.3. The van der Waals surface area contributed by atoms with Gasteiger partial charge in [0.15, 0.2) is 26.3 Å². The van der Waals surface area contributed by atoms with Gasteiger partial charge >= 0.3 is 0 Å². The van der Waals surface area contributed by atoms with Crippen LogP contribution in [-0.2, 0) is 31.0 Å². The topological polar surface area (TPSA) is 139 Å². The van der Waals surface area contributed by atoms with E-state index in [-0.39, 0.29) is 17.4 Å². The van der Waals surface area contributed by atoms with Gasteiger partial charge in [0.2, 0.25) is 5.82 Å². The normalized spacial score (nSPS) is 12.6. The van der Waals surface area contributed by atoms with E-state index in [0.29, 0.717) is 34.0 Å². The SMILES string of the molecule is COc1ccc(OCc2noc(/C(=C/c3cccc(-c4cc(C(C)(C)S(C)(=O)=O)cc5cccnc45)c3)c3ccc(S(C)(=O)=O)cc3)n2)cc1. The second kappa shape index (κ2) is 13.5. The molecule has 0 atom stereocenters. The number of aromatic nitrogens is 3. The summed E-state index contributed by atoms with van der Waals surface area (Å²) in [6.45, 7) is 3.45. The molecule has 0 aliphatic rings. The lowest BCUT2D eigenvalue weighted by molar-refractivity contribution is 0.286. The number of sulfone groups is 2. The van der Waals surface area contributed by atoms with Gasteiger partial charge in [-0.3, -0.25) is 4.98 Å². The lowest BCUT2D eigenvalue weighted by Crippen LogP contribution is -2.28. The molecule has 0 unspecified atom stereocenters. The third-order valence-corrected chi connectivity index (χ3v) is 11.8. The van der Waals surface area contributed by atoms with Crippen LogP contribution in [0.3, 0.4) is 0 Å². The van der Waals surface area contributed by atoms with Gasteiger partial charge in [0, 0.05) is 35.2 Å². The van der Waals surface area contributed by atoms with Crippen LogP contribution in [0.25, 0.3) is 33.7 Å². The first-order chi connectivity index (χ1) is 23.7. The van der Waals surface area contributed by atoms with E-state index in [1.54, 1.807) is 63.6 Å². The number of pyridine rings is 1. The molecule has 12 heteroatoms. The van der Waals surface area contributed by atoms with Gasteiger partial charge in [0.1, 0.15) is 11.5 Å². The summed E-state index contributed by atoms with van der Waals surface area (Å²) < 4.78 is 65.6. The summed E-state index contributed by atoms with van der Waals surface area (Å²) in [5.74, 6) is 1.83. The van der Waals surface area contributed by atoms with Crippen molar-refractivity contribution in [3.05, 3.63) is 132 Å². The van der Waals surface area contributed by atoms with Crippen LogP contribution in [0.4, 0.5) is 0 Å². The lowest BCUT2D eigenvalue weighted by Gasteiger charge is -2.24. The minimum absolute atomic E-state index is 0.0475. The van der Waals surface area contributed by atoms with E-state index in [2.05, 4.69) is 15.1 Å². The number of hydrogen-bond donors (Lipinski definition) is 0. The molecule has 0 fully saturated rings. The van der Waals surface area contributed by atoms with Crippen LogP contribution in [-0.4, -0.2) is 51.6 Å². The number of benzene rings is 4. The highest BCUT2D eigenvalue weighted by molar-refractivity contribution is 7.91. The number of hydrogen-bond acceptors (Lipinski definition) is 10. The first kappa shape index (κ1) is 34.5. The molecule has 0 N–H and O–H groups in total. The van der Waals surface area contributed by atoms with Crippen molar-refractivity contribution in [2.75, 3.05) is 19.6 Å². The Labute approximate surface area is 291 Å². The Hall–Kier alpha value is -5.33. The van der Waals surface area contributed by atoms with Gasteiger partial charge in [0.25, 0.3) is 5.89 Å². The highest BCUT2D eigenvalue weighted by Gasteiger charge is 2.33. The maximum atomic E-state index is 12.8. The number of methoxy groups -OCH3 is 1. The standard InChI is InChI=1S/C38H35N3O7S2/c1-38(2,50(5,44)45)29-22-28-10-7-19-39-36(28)33(23-29)27-9-6-8-25(20-27)21-34(26-11-17-32(18-12-26)49(4,42)43)37-40-35(41-48-37)24-47-31-15-13-30(46-3)14-16-31/h6-23H,24H2,1-5H3/b34-21+. The van der Waals surface area contributed by atoms with Crippen molar-refractivity contribution in [1.29, 1.82) is 0 Å². The van der Waals surface area contributed by atoms with Gasteiger partial charge in [-0.1, -0.05) is 41.6 Å². The van der Waals surface area contributed by atoms with Gasteiger partial charge in [0.05, 0.1) is 22.3 Å². The smallest absolute Gasteiger partial charge is 0.258 e. The molecule has 0 bridgehead atoms. The summed E-state index contributed by atoms with van der Waals surface area (Å²) >= 11 is 0. The summed E-state index contributed by atoms with van der Waals surface area (Å²) in [7, 11) is -5.28. The minimum Gasteiger partial charge on any atom is -0.497 e. The third kappa shape index (κ3) is 7.31. The van der Waals surface area contributed by atoms with Gasteiger partial charge in [-0.25, -0.2) is 16.8 Å². The zero-order valence-corrected chi connectivity index (χ0v) is 29.7. The highest BCUT2D eigenvalue weighted by Crippen LogP contribution is 2.37. The summed E-state index contributed by atoms with van der Waals surface area (Å²) in [6.07, 6.45) is 5.98. The van der Waals surface area contributed by atoms with E-state index in [1.807, 2.05) is 54.6 Å². The molecule has 0 amide bonds. The molecule has 0 aliphatic heterocycles. The molecule has 2 heterocycles. The average Bonchev–Trinajstić information content (AvgIpc) is 3.57. The molecule has 50 heavy (non-hydrogen) atoms. The van der Waals surface area contributed by atoms with Crippen LogP contribution in [0, 0.1) is 0 Å². The molecular weight excluding hydrogens is 675 g/mol. The van der Waals surface area contributed by atoms with Gasteiger partial charge in [-0.05, 0) is 103 Å². The fourth-order valence-corrected chi connectivity index (χ4v) is 6.51. The second-order valence-corrected chi connectivity index (χ2v) is 16.9. The quantitative estimate of drug-likeness (QED) is 0.128. The molecule has 4 aromatic carbocycles. The number of rotatable bonds is 11. The largest absolute Gasteiger partial charge is 0.497 e. The Balaban J connectivity index is 1.42. The maximum Gasteiger partial charge on any atom is 0.258 e. The predicted octanol–water partition coefficient (Wildman–Crippen LogP) is 7.14. The number of nitrogens with zero attached hydrogens (tertiary/aromatic N) is 3. The van der Waals surface area contributed by atoms with E-state index < -0.39 is 24.4 Å². The van der Waals surface area contributed by atoms with Crippen LogP contribution in [0.1, 0.15) is 42.3 Å². The summed E-state index contributed by atoms with van der Waals surface area (Å²) in [6, 6.07) is 28.8. The molecule has 0 spiro atoms. The fourth-order valence-electron chi connectivity index (χ4n) is 5.33. The highest BCUT2D eigenvalue weighted by atomic mass is 32.2. The average molecular weight is 710 g/mol. The Morgan fingerprint density at radius 2 is 1.58 bits per heavy atom. The molecule has 0 saturated carbocycles. The maximum absolute atomic E-state index is 12.8. The van der Waals surface area contributed by atoms with Crippen molar-refractivity contribution in [3.63, 3.8) is 0 Å².